The molecule has 0 spiro atoms. The molecule has 1 aliphatic rings. The summed E-state index contributed by atoms with van der Waals surface area (Å²) in [5, 5.41) is 3.80. The van der Waals surface area contributed by atoms with E-state index in [-0.39, 0.29) is 0 Å². The number of hydrogen-bond donors (Lipinski definition) is 1. The summed E-state index contributed by atoms with van der Waals surface area (Å²) in [6.45, 7) is 9.61. The molecule has 0 heterocycles. The molecule has 0 aromatic heterocycles. The summed E-state index contributed by atoms with van der Waals surface area (Å²) >= 11 is 0. The van der Waals surface area contributed by atoms with Crippen molar-refractivity contribution in [1.82, 2.24) is 10.2 Å². The highest BCUT2D eigenvalue weighted by Crippen LogP contribution is 2.16. The van der Waals surface area contributed by atoms with Crippen molar-refractivity contribution in [3.63, 3.8) is 0 Å². The second-order valence-electron chi connectivity index (χ2n) is 6.19. The topological polar surface area (TPSA) is 15.3 Å². The molecule has 0 bridgehead atoms. The van der Waals surface area contributed by atoms with Gasteiger partial charge in [-0.2, -0.15) is 0 Å². The quantitative estimate of drug-likeness (QED) is 0.597. The number of nitrogens with zero attached hydrogens (tertiary/aromatic N) is 1. The van der Waals surface area contributed by atoms with Gasteiger partial charge in [0.05, 0.1) is 0 Å². The van der Waals surface area contributed by atoms with E-state index < -0.39 is 0 Å². The largest absolute Gasteiger partial charge is 0.313 e. The lowest BCUT2D eigenvalue weighted by Gasteiger charge is -2.24. The summed E-state index contributed by atoms with van der Waals surface area (Å²) in [4.78, 5) is 2.66. The molecule has 0 amide bonds. The molecule has 2 nitrogen and oxygen atoms in total. The van der Waals surface area contributed by atoms with E-state index in [2.05, 4.69) is 24.1 Å². The van der Waals surface area contributed by atoms with E-state index in [1.807, 2.05) is 0 Å². The van der Waals surface area contributed by atoms with Gasteiger partial charge in [-0.05, 0) is 38.8 Å². The molecule has 1 aliphatic carbocycles. The van der Waals surface area contributed by atoms with Gasteiger partial charge in [-0.1, -0.05) is 52.4 Å². The summed E-state index contributed by atoms with van der Waals surface area (Å²) in [6, 6.07) is 0.807. The smallest absolute Gasteiger partial charge is 0.0107 e. The van der Waals surface area contributed by atoms with Crippen LogP contribution >= 0.6 is 0 Å². The Morgan fingerprint density at radius 1 is 0.842 bits per heavy atom. The van der Waals surface area contributed by atoms with Gasteiger partial charge in [0.2, 0.25) is 0 Å². The highest BCUT2D eigenvalue weighted by Gasteiger charge is 2.11. The first-order chi connectivity index (χ1) is 9.36. The number of hydrogen-bond acceptors (Lipinski definition) is 2. The maximum Gasteiger partial charge on any atom is 0.0107 e. The molecule has 0 radical (unpaired) electrons. The van der Waals surface area contributed by atoms with Crippen LogP contribution in [-0.4, -0.2) is 37.1 Å². The molecule has 2 heteroatoms. The molecular formula is C17H36N2. The van der Waals surface area contributed by atoms with Crippen LogP contribution in [0.3, 0.4) is 0 Å². The van der Waals surface area contributed by atoms with Crippen LogP contribution in [0.5, 0.6) is 0 Å². The normalized spacial score (nSPS) is 17.8. The second-order valence-corrected chi connectivity index (χ2v) is 6.19. The van der Waals surface area contributed by atoms with Gasteiger partial charge < -0.3 is 10.2 Å². The Hall–Kier alpha value is -0.0800. The monoisotopic (exact) mass is 268 g/mol. The zero-order chi connectivity index (χ0) is 13.8. The summed E-state index contributed by atoms with van der Waals surface area (Å²) in [5.74, 6) is 0. The van der Waals surface area contributed by atoms with Gasteiger partial charge in [0.1, 0.15) is 0 Å². The Balaban J connectivity index is 2.14. The minimum Gasteiger partial charge on any atom is -0.313 e. The lowest BCUT2D eigenvalue weighted by molar-refractivity contribution is 0.258. The van der Waals surface area contributed by atoms with Crippen LogP contribution in [0.2, 0.25) is 0 Å². The lowest BCUT2D eigenvalue weighted by Crippen LogP contribution is -2.37. The Kier molecular flexibility index (Phi) is 10.5. The van der Waals surface area contributed by atoms with Crippen molar-refractivity contribution in [2.45, 2.75) is 84.1 Å². The van der Waals surface area contributed by atoms with E-state index in [9.17, 15) is 0 Å². The van der Waals surface area contributed by atoms with E-state index in [4.69, 9.17) is 0 Å². The van der Waals surface area contributed by atoms with Crippen LogP contribution in [0.4, 0.5) is 0 Å². The molecule has 0 atom stereocenters. The molecule has 1 rings (SSSR count). The highest BCUT2D eigenvalue weighted by molar-refractivity contribution is 4.71. The second kappa shape index (κ2) is 11.7. The van der Waals surface area contributed by atoms with Gasteiger partial charge in [-0.3, -0.25) is 0 Å². The minimum absolute atomic E-state index is 0.807. The summed E-state index contributed by atoms with van der Waals surface area (Å²) in [5.41, 5.74) is 0. The highest BCUT2D eigenvalue weighted by atomic mass is 15.1. The zero-order valence-electron chi connectivity index (χ0n) is 13.4. The van der Waals surface area contributed by atoms with Crippen LogP contribution < -0.4 is 5.32 Å². The molecule has 0 aliphatic heterocycles. The zero-order valence-corrected chi connectivity index (χ0v) is 13.4. The van der Waals surface area contributed by atoms with Crippen LogP contribution in [0.15, 0.2) is 0 Å². The van der Waals surface area contributed by atoms with Crippen molar-refractivity contribution in [3.8, 4) is 0 Å². The van der Waals surface area contributed by atoms with Gasteiger partial charge in [-0.15, -0.1) is 0 Å². The van der Waals surface area contributed by atoms with Crippen molar-refractivity contribution >= 4 is 0 Å². The summed E-state index contributed by atoms with van der Waals surface area (Å²) in [6.07, 6.45) is 13.9. The first-order valence-electron chi connectivity index (χ1n) is 8.82. The van der Waals surface area contributed by atoms with E-state index >= 15 is 0 Å². The van der Waals surface area contributed by atoms with Crippen LogP contribution in [0, 0.1) is 0 Å². The average Bonchev–Trinajstić information content (AvgIpc) is 2.70. The molecule has 1 N–H and O–H groups in total. The van der Waals surface area contributed by atoms with Crippen LogP contribution in [-0.2, 0) is 0 Å². The maximum atomic E-state index is 3.80. The van der Waals surface area contributed by atoms with Gasteiger partial charge in [0, 0.05) is 19.1 Å². The Bertz CT molecular complexity index is 178. The van der Waals surface area contributed by atoms with Gasteiger partial charge >= 0.3 is 0 Å². The molecule has 114 valence electrons. The molecule has 0 unspecified atom stereocenters. The molecule has 1 saturated carbocycles. The number of unbranched alkanes of at least 4 members (excludes halogenated alkanes) is 2. The molecular weight excluding hydrogens is 232 g/mol. The van der Waals surface area contributed by atoms with Crippen molar-refractivity contribution in [3.05, 3.63) is 0 Å². The van der Waals surface area contributed by atoms with Crippen LogP contribution in [0.25, 0.3) is 0 Å². The van der Waals surface area contributed by atoms with Crippen molar-refractivity contribution < 1.29 is 0 Å². The maximum absolute atomic E-state index is 3.80. The fourth-order valence-corrected chi connectivity index (χ4v) is 3.01. The van der Waals surface area contributed by atoms with Crippen molar-refractivity contribution in [2.75, 3.05) is 26.2 Å². The Labute approximate surface area is 121 Å². The number of rotatable bonds is 10. The first-order valence-corrected chi connectivity index (χ1v) is 8.82. The van der Waals surface area contributed by atoms with Crippen LogP contribution in [0.1, 0.15) is 78.1 Å². The third-order valence-corrected chi connectivity index (χ3v) is 4.37. The average molecular weight is 268 g/mol. The van der Waals surface area contributed by atoms with Gasteiger partial charge in [0.25, 0.3) is 0 Å². The molecule has 19 heavy (non-hydrogen) atoms. The third kappa shape index (κ3) is 8.65. The van der Waals surface area contributed by atoms with Crippen molar-refractivity contribution in [2.24, 2.45) is 0 Å². The summed E-state index contributed by atoms with van der Waals surface area (Å²) < 4.78 is 0. The fraction of sp³-hybridized carbons (Fsp3) is 1.00. The standard InChI is InChI=1S/C17H36N2/c1-3-5-14-19(15-6-4-2)16-13-18-17-11-9-7-8-10-12-17/h17-18H,3-16H2,1-2H3. The lowest BCUT2D eigenvalue weighted by atomic mass is 10.1. The van der Waals surface area contributed by atoms with E-state index in [0.29, 0.717) is 0 Å². The van der Waals surface area contributed by atoms with E-state index in [1.54, 1.807) is 0 Å². The predicted octanol–water partition coefficient (Wildman–Crippen LogP) is 4.20. The fourth-order valence-electron chi connectivity index (χ4n) is 3.01. The molecule has 0 aromatic carbocycles. The molecule has 0 aromatic rings. The third-order valence-electron chi connectivity index (χ3n) is 4.37. The Morgan fingerprint density at radius 3 is 1.95 bits per heavy atom. The molecule has 1 fully saturated rings. The van der Waals surface area contributed by atoms with Crippen molar-refractivity contribution in [1.29, 1.82) is 0 Å². The Morgan fingerprint density at radius 2 is 1.42 bits per heavy atom. The summed E-state index contributed by atoms with van der Waals surface area (Å²) in [7, 11) is 0. The van der Waals surface area contributed by atoms with E-state index in [0.717, 1.165) is 6.04 Å². The SMILES string of the molecule is CCCCN(CCCC)CCNC1CCCCCC1. The minimum atomic E-state index is 0.807. The van der Waals surface area contributed by atoms with Gasteiger partial charge in [-0.25, -0.2) is 0 Å². The first kappa shape index (κ1) is 17.0. The number of nitrogens with one attached hydrogen (secondary N) is 1. The van der Waals surface area contributed by atoms with E-state index in [1.165, 1.54) is 90.4 Å². The van der Waals surface area contributed by atoms with Gasteiger partial charge in [0.15, 0.2) is 0 Å². The molecule has 0 saturated heterocycles. The predicted molar refractivity (Wildman–Crippen MR) is 85.7 cm³/mol.